The molecule has 0 saturated carbocycles. The van der Waals surface area contributed by atoms with Crippen LogP contribution < -0.4 is 10.1 Å². The van der Waals surface area contributed by atoms with E-state index in [9.17, 15) is 9.59 Å². The Hall–Kier alpha value is -2.80. The molecule has 2 heterocycles. The van der Waals surface area contributed by atoms with Gasteiger partial charge in [-0.3, -0.25) is 14.5 Å². The van der Waals surface area contributed by atoms with Gasteiger partial charge in [-0.15, -0.1) is 0 Å². The molecule has 0 atom stereocenters. The molecule has 0 aliphatic carbocycles. The Bertz CT molecular complexity index is 768. The zero-order valence-corrected chi connectivity index (χ0v) is 16.2. The van der Waals surface area contributed by atoms with Crippen LogP contribution in [0.15, 0.2) is 47.1 Å². The number of nitrogens with zero attached hydrogens (tertiary/aromatic N) is 2. The van der Waals surface area contributed by atoms with E-state index >= 15 is 0 Å². The Morgan fingerprint density at radius 1 is 1.11 bits per heavy atom. The summed E-state index contributed by atoms with van der Waals surface area (Å²) in [6.07, 6.45) is 2.71. The first-order chi connectivity index (χ1) is 13.7. The molecule has 2 aromatic rings. The lowest BCUT2D eigenvalue weighted by Crippen LogP contribution is -2.49. The number of piperazine rings is 1. The van der Waals surface area contributed by atoms with E-state index in [1.54, 1.807) is 24.1 Å². The first kappa shape index (κ1) is 19.9. The predicted molar refractivity (Wildman–Crippen MR) is 105 cm³/mol. The number of carbonyl (C=O) groups excluding carboxylic acids is 2. The zero-order chi connectivity index (χ0) is 19.8. The molecule has 3 rings (SSSR count). The minimum atomic E-state index is -0.0706. The van der Waals surface area contributed by atoms with Gasteiger partial charge in [-0.1, -0.05) is 18.2 Å². The maximum atomic E-state index is 12.3. The van der Waals surface area contributed by atoms with Gasteiger partial charge in [0.1, 0.15) is 5.75 Å². The molecule has 150 valence electrons. The van der Waals surface area contributed by atoms with Gasteiger partial charge in [0.15, 0.2) is 5.76 Å². The molecule has 1 fully saturated rings. The largest absolute Gasteiger partial charge is 0.496 e. The maximum absolute atomic E-state index is 12.3. The van der Waals surface area contributed by atoms with E-state index in [1.165, 1.54) is 6.26 Å². The van der Waals surface area contributed by atoms with Crippen molar-refractivity contribution in [3.63, 3.8) is 0 Å². The average Bonchev–Trinajstić information content (AvgIpc) is 3.27. The van der Waals surface area contributed by atoms with Crippen molar-refractivity contribution >= 4 is 11.8 Å². The summed E-state index contributed by atoms with van der Waals surface area (Å²) in [6.45, 7) is 4.11. The average molecular weight is 385 g/mol. The molecule has 1 aromatic heterocycles. The number of methoxy groups -OCH3 is 1. The van der Waals surface area contributed by atoms with Gasteiger partial charge < -0.3 is 19.4 Å². The van der Waals surface area contributed by atoms with E-state index in [0.717, 1.165) is 30.8 Å². The molecule has 7 nitrogen and oxygen atoms in total. The lowest BCUT2D eigenvalue weighted by molar-refractivity contribution is -0.121. The number of rotatable bonds is 8. The summed E-state index contributed by atoms with van der Waals surface area (Å²) in [5.41, 5.74) is 1.09. The number of amides is 2. The lowest BCUT2D eigenvalue weighted by atomic mass is 10.1. The molecule has 2 amide bonds. The fourth-order valence-corrected chi connectivity index (χ4v) is 3.32. The van der Waals surface area contributed by atoms with E-state index in [1.807, 2.05) is 24.3 Å². The Labute approximate surface area is 165 Å². The van der Waals surface area contributed by atoms with Crippen molar-refractivity contribution in [2.24, 2.45) is 0 Å². The molecule has 7 heteroatoms. The van der Waals surface area contributed by atoms with Gasteiger partial charge in [0, 0.05) is 45.7 Å². The fraction of sp³-hybridized carbons (Fsp3) is 0.429. The Morgan fingerprint density at radius 3 is 2.61 bits per heavy atom. The molecule has 0 unspecified atom stereocenters. The zero-order valence-electron chi connectivity index (χ0n) is 16.2. The second-order valence-corrected chi connectivity index (χ2v) is 6.77. The maximum Gasteiger partial charge on any atom is 0.289 e. The van der Waals surface area contributed by atoms with Gasteiger partial charge in [-0.25, -0.2) is 0 Å². The number of carbonyl (C=O) groups is 2. The van der Waals surface area contributed by atoms with Crippen LogP contribution >= 0.6 is 0 Å². The predicted octanol–water partition coefficient (Wildman–Crippen LogP) is 1.79. The van der Waals surface area contributed by atoms with Gasteiger partial charge >= 0.3 is 0 Å². The van der Waals surface area contributed by atoms with Gasteiger partial charge in [0.2, 0.25) is 5.91 Å². The summed E-state index contributed by atoms with van der Waals surface area (Å²) >= 11 is 0. The van der Waals surface area contributed by atoms with Crippen LogP contribution in [0.4, 0.5) is 0 Å². The van der Waals surface area contributed by atoms with Crippen LogP contribution in [-0.4, -0.2) is 68.0 Å². The number of furan rings is 1. The van der Waals surface area contributed by atoms with Crippen LogP contribution in [0, 0.1) is 0 Å². The van der Waals surface area contributed by atoms with E-state index in [0.29, 0.717) is 38.4 Å². The molecule has 1 aliphatic heterocycles. The van der Waals surface area contributed by atoms with Crippen molar-refractivity contribution in [3.8, 4) is 5.75 Å². The quantitative estimate of drug-likeness (QED) is 0.750. The first-order valence-electron chi connectivity index (χ1n) is 9.61. The van der Waals surface area contributed by atoms with Crippen molar-refractivity contribution in [1.82, 2.24) is 15.1 Å². The standard InChI is InChI=1S/C21H27N3O4/c1-27-18-6-3-2-5-17(18)8-10-22-20(25)9-11-23-12-14-24(15-13-23)21(26)19-7-4-16-28-19/h2-7,16H,8-15H2,1H3,(H,22,25). The van der Waals surface area contributed by atoms with Gasteiger partial charge in [-0.05, 0) is 30.2 Å². The van der Waals surface area contributed by atoms with E-state index in [-0.39, 0.29) is 11.8 Å². The first-order valence-corrected chi connectivity index (χ1v) is 9.61. The lowest BCUT2D eigenvalue weighted by Gasteiger charge is -2.34. The highest BCUT2D eigenvalue weighted by Gasteiger charge is 2.23. The van der Waals surface area contributed by atoms with Crippen molar-refractivity contribution in [2.75, 3.05) is 46.4 Å². The number of para-hydroxylation sites is 1. The van der Waals surface area contributed by atoms with Gasteiger partial charge in [0.25, 0.3) is 5.91 Å². The van der Waals surface area contributed by atoms with Gasteiger partial charge in [-0.2, -0.15) is 0 Å². The number of ether oxygens (including phenoxy) is 1. The molecule has 0 bridgehead atoms. The molecule has 1 aromatic carbocycles. The highest BCUT2D eigenvalue weighted by atomic mass is 16.5. The molecular weight excluding hydrogens is 358 g/mol. The van der Waals surface area contributed by atoms with Crippen molar-refractivity contribution in [1.29, 1.82) is 0 Å². The van der Waals surface area contributed by atoms with Crippen LogP contribution in [0.2, 0.25) is 0 Å². The summed E-state index contributed by atoms with van der Waals surface area (Å²) in [6, 6.07) is 11.2. The van der Waals surface area contributed by atoms with Crippen molar-refractivity contribution < 1.29 is 18.7 Å². The molecule has 1 saturated heterocycles. The second-order valence-electron chi connectivity index (χ2n) is 6.77. The summed E-state index contributed by atoms with van der Waals surface area (Å²) in [5, 5.41) is 2.97. The number of benzene rings is 1. The molecule has 1 aliphatic rings. The second kappa shape index (κ2) is 9.94. The molecule has 0 radical (unpaired) electrons. The Balaban J connectivity index is 1.33. The van der Waals surface area contributed by atoms with E-state index in [2.05, 4.69) is 10.2 Å². The molecular formula is C21H27N3O4. The van der Waals surface area contributed by atoms with Crippen LogP contribution in [0.1, 0.15) is 22.5 Å². The molecule has 1 N–H and O–H groups in total. The van der Waals surface area contributed by atoms with Crippen LogP contribution in [0.25, 0.3) is 0 Å². The highest BCUT2D eigenvalue weighted by Crippen LogP contribution is 2.17. The number of hydrogen-bond donors (Lipinski definition) is 1. The summed E-state index contributed by atoms with van der Waals surface area (Å²) in [5.74, 6) is 1.20. The third-order valence-electron chi connectivity index (χ3n) is 4.96. The minimum Gasteiger partial charge on any atom is -0.496 e. The third kappa shape index (κ3) is 5.36. The summed E-state index contributed by atoms with van der Waals surface area (Å²) < 4.78 is 10.5. The minimum absolute atomic E-state index is 0.0454. The Kier molecular flexibility index (Phi) is 7.08. The monoisotopic (exact) mass is 385 g/mol. The van der Waals surface area contributed by atoms with Crippen LogP contribution in [-0.2, 0) is 11.2 Å². The summed E-state index contributed by atoms with van der Waals surface area (Å²) in [4.78, 5) is 28.4. The Morgan fingerprint density at radius 2 is 1.89 bits per heavy atom. The molecule has 28 heavy (non-hydrogen) atoms. The van der Waals surface area contributed by atoms with E-state index in [4.69, 9.17) is 9.15 Å². The third-order valence-corrected chi connectivity index (χ3v) is 4.96. The normalized spacial score (nSPS) is 14.7. The van der Waals surface area contributed by atoms with Crippen LogP contribution in [0.3, 0.4) is 0 Å². The van der Waals surface area contributed by atoms with Gasteiger partial charge in [0.05, 0.1) is 13.4 Å². The van der Waals surface area contributed by atoms with Crippen molar-refractivity contribution in [3.05, 3.63) is 54.0 Å². The smallest absolute Gasteiger partial charge is 0.289 e. The molecule has 0 spiro atoms. The number of hydrogen-bond acceptors (Lipinski definition) is 5. The summed E-state index contributed by atoms with van der Waals surface area (Å²) in [7, 11) is 1.65. The topological polar surface area (TPSA) is 75.0 Å². The SMILES string of the molecule is COc1ccccc1CCNC(=O)CCN1CCN(C(=O)c2ccco2)CC1. The van der Waals surface area contributed by atoms with Crippen molar-refractivity contribution in [2.45, 2.75) is 12.8 Å². The fourth-order valence-electron chi connectivity index (χ4n) is 3.32. The number of nitrogens with one attached hydrogen (secondary N) is 1. The highest BCUT2D eigenvalue weighted by molar-refractivity contribution is 5.91. The van der Waals surface area contributed by atoms with Crippen LogP contribution in [0.5, 0.6) is 5.75 Å². The van der Waals surface area contributed by atoms with E-state index < -0.39 is 0 Å².